The van der Waals surface area contributed by atoms with Crippen LogP contribution in [0.4, 0.5) is 5.69 Å². The molecule has 0 unspecified atom stereocenters. The van der Waals surface area contributed by atoms with E-state index in [1.165, 1.54) is 24.3 Å². The molecule has 2 N–H and O–H groups in total. The van der Waals surface area contributed by atoms with Crippen molar-refractivity contribution in [1.29, 1.82) is 0 Å². The van der Waals surface area contributed by atoms with Crippen LogP contribution in [0.15, 0.2) is 57.9 Å². The van der Waals surface area contributed by atoms with Crippen molar-refractivity contribution in [1.82, 2.24) is 0 Å². The van der Waals surface area contributed by atoms with Gasteiger partial charge in [0.15, 0.2) is 0 Å². The standard InChI is InChI=1S/C12H10BrNO3S/c13-11-8-9(6-7-12(11)14)17-18(15,16)10-4-2-1-3-5-10/h1-8H,14H2. The summed E-state index contributed by atoms with van der Waals surface area (Å²) in [5.74, 6) is 0.208. The number of hydrogen-bond acceptors (Lipinski definition) is 4. The maximum atomic E-state index is 11.9. The fraction of sp³-hybridized carbons (Fsp3) is 0. The minimum Gasteiger partial charge on any atom is -0.398 e. The van der Waals surface area contributed by atoms with Gasteiger partial charge in [0, 0.05) is 10.2 Å². The Morgan fingerprint density at radius 2 is 1.72 bits per heavy atom. The lowest BCUT2D eigenvalue weighted by molar-refractivity contribution is 0.486. The molecule has 0 aliphatic carbocycles. The Kier molecular flexibility index (Phi) is 3.58. The van der Waals surface area contributed by atoms with Crippen molar-refractivity contribution in [2.45, 2.75) is 4.90 Å². The monoisotopic (exact) mass is 327 g/mol. The molecule has 94 valence electrons. The smallest absolute Gasteiger partial charge is 0.339 e. The molecule has 0 aliphatic rings. The van der Waals surface area contributed by atoms with Crippen molar-refractivity contribution in [2.24, 2.45) is 0 Å². The van der Waals surface area contributed by atoms with Crippen LogP contribution < -0.4 is 9.92 Å². The number of hydrogen-bond donors (Lipinski definition) is 1. The molecule has 2 aromatic rings. The largest absolute Gasteiger partial charge is 0.398 e. The zero-order valence-corrected chi connectivity index (χ0v) is 11.6. The predicted octanol–water partition coefficient (Wildman–Crippen LogP) is 2.80. The highest BCUT2D eigenvalue weighted by Crippen LogP contribution is 2.26. The molecule has 0 radical (unpaired) electrons. The first-order chi connectivity index (χ1) is 8.49. The molecule has 0 atom stereocenters. The number of rotatable bonds is 3. The third-order valence-electron chi connectivity index (χ3n) is 2.21. The van der Waals surface area contributed by atoms with Crippen LogP contribution in [0.5, 0.6) is 5.75 Å². The molecule has 0 bridgehead atoms. The fourth-order valence-corrected chi connectivity index (χ4v) is 2.62. The third-order valence-corrected chi connectivity index (χ3v) is 4.16. The molecular formula is C12H10BrNO3S. The Bertz CT molecular complexity index is 656. The Labute approximate surface area is 114 Å². The summed E-state index contributed by atoms with van der Waals surface area (Å²) in [5.41, 5.74) is 6.13. The van der Waals surface area contributed by atoms with Crippen molar-refractivity contribution in [2.75, 3.05) is 5.73 Å². The van der Waals surface area contributed by atoms with E-state index in [4.69, 9.17) is 9.92 Å². The quantitative estimate of drug-likeness (QED) is 0.695. The molecule has 0 saturated carbocycles. The van der Waals surface area contributed by atoms with E-state index in [0.29, 0.717) is 10.2 Å². The van der Waals surface area contributed by atoms with Gasteiger partial charge in [-0.2, -0.15) is 8.42 Å². The molecule has 0 saturated heterocycles. The summed E-state index contributed by atoms with van der Waals surface area (Å²) >= 11 is 3.21. The second kappa shape index (κ2) is 4.99. The van der Waals surface area contributed by atoms with Crippen LogP contribution in [0.1, 0.15) is 0 Å². The van der Waals surface area contributed by atoms with Crippen molar-refractivity contribution in [3.8, 4) is 5.75 Å². The summed E-state index contributed by atoms with van der Waals surface area (Å²) in [6.45, 7) is 0. The maximum Gasteiger partial charge on any atom is 0.339 e. The van der Waals surface area contributed by atoms with Crippen LogP contribution >= 0.6 is 15.9 Å². The SMILES string of the molecule is Nc1ccc(OS(=O)(=O)c2ccccc2)cc1Br. The molecule has 2 rings (SSSR count). The molecule has 0 aromatic heterocycles. The van der Waals surface area contributed by atoms with Gasteiger partial charge >= 0.3 is 10.1 Å². The average molecular weight is 328 g/mol. The molecule has 6 heteroatoms. The van der Waals surface area contributed by atoms with Gasteiger partial charge in [-0.25, -0.2) is 0 Å². The number of nitrogen functional groups attached to an aromatic ring is 1. The highest BCUT2D eigenvalue weighted by molar-refractivity contribution is 9.10. The van der Waals surface area contributed by atoms with E-state index < -0.39 is 10.1 Å². The van der Waals surface area contributed by atoms with Crippen molar-refractivity contribution >= 4 is 31.7 Å². The van der Waals surface area contributed by atoms with Gasteiger partial charge in [-0.15, -0.1) is 0 Å². The first-order valence-corrected chi connectivity index (χ1v) is 7.24. The van der Waals surface area contributed by atoms with Crippen molar-refractivity contribution in [3.63, 3.8) is 0 Å². The Morgan fingerprint density at radius 3 is 2.33 bits per heavy atom. The zero-order chi connectivity index (χ0) is 13.2. The first-order valence-electron chi connectivity index (χ1n) is 5.03. The number of nitrogens with two attached hydrogens (primary N) is 1. The van der Waals surface area contributed by atoms with E-state index in [-0.39, 0.29) is 10.6 Å². The predicted molar refractivity (Wildman–Crippen MR) is 72.8 cm³/mol. The van der Waals surface area contributed by atoms with Crippen LogP contribution in [0, 0.1) is 0 Å². The molecule has 0 fully saturated rings. The van der Waals surface area contributed by atoms with Gasteiger partial charge in [-0.3, -0.25) is 0 Å². The van der Waals surface area contributed by atoms with E-state index in [1.807, 2.05) is 0 Å². The van der Waals surface area contributed by atoms with Gasteiger partial charge in [0.25, 0.3) is 0 Å². The minimum absolute atomic E-state index is 0.109. The summed E-state index contributed by atoms with van der Waals surface area (Å²) in [4.78, 5) is 0.109. The lowest BCUT2D eigenvalue weighted by Crippen LogP contribution is -2.09. The molecule has 0 amide bonds. The van der Waals surface area contributed by atoms with Crippen molar-refractivity contribution in [3.05, 3.63) is 53.0 Å². The summed E-state index contributed by atoms with van der Waals surface area (Å²) in [5, 5.41) is 0. The fourth-order valence-electron chi connectivity index (χ4n) is 1.32. The number of halogens is 1. The highest BCUT2D eigenvalue weighted by atomic mass is 79.9. The van der Waals surface area contributed by atoms with Gasteiger partial charge in [-0.05, 0) is 46.3 Å². The summed E-state index contributed by atoms with van der Waals surface area (Å²) in [7, 11) is -3.80. The van der Waals surface area contributed by atoms with E-state index in [1.54, 1.807) is 24.3 Å². The zero-order valence-electron chi connectivity index (χ0n) is 9.21. The molecule has 2 aromatic carbocycles. The third kappa shape index (κ3) is 2.83. The van der Waals surface area contributed by atoms with E-state index in [0.717, 1.165) is 0 Å². The average Bonchev–Trinajstić information content (AvgIpc) is 2.35. The molecule has 0 spiro atoms. The van der Waals surface area contributed by atoms with Gasteiger partial charge in [0.1, 0.15) is 10.6 Å². The molecular weight excluding hydrogens is 318 g/mol. The van der Waals surface area contributed by atoms with Gasteiger partial charge in [-0.1, -0.05) is 18.2 Å². The lowest BCUT2D eigenvalue weighted by atomic mass is 10.3. The van der Waals surface area contributed by atoms with Crippen molar-refractivity contribution < 1.29 is 12.6 Å². The summed E-state index contributed by atoms with van der Waals surface area (Å²) in [6.07, 6.45) is 0. The highest BCUT2D eigenvalue weighted by Gasteiger charge is 2.16. The number of anilines is 1. The molecule has 4 nitrogen and oxygen atoms in total. The Balaban J connectivity index is 2.31. The topological polar surface area (TPSA) is 69.4 Å². The second-order valence-corrected chi connectivity index (χ2v) is 5.93. The van der Waals surface area contributed by atoms with Crippen LogP contribution in [0.25, 0.3) is 0 Å². The minimum atomic E-state index is -3.80. The Hall–Kier alpha value is -1.53. The van der Waals surface area contributed by atoms with Crippen LogP contribution in [0.3, 0.4) is 0 Å². The maximum absolute atomic E-state index is 11.9. The van der Waals surface area contributed by atoms with Crippen LogP contribution in [0.2, 0.25) is 0 Å². The first kappa shape index (κ1) is 12.9. The summed E-state index contributed by atoms with van der Waals surface area (Å²) < 4.78 is 29.5. The van der Waals surface area contributed by atoms with Crippen LogP contribution in [-0.4, -0.2) is 8.42 Å². The van der Waals surface area contributed by atoms with E-state index in [2.05, 4.69) is 15.9 Å². The van der Waals surface area contributed by atoms with Gasteiger partial charge in [0.05, 0.1) is 0 Å². The summed E-state index contributed by atoms with van der Waals surface area (Å²) in [6, 6.07) is 12.5. The molecule has 0 aliphatic heterocycles. The van der Waals surface area contributed by atoms with E-state index in [9.17, 15) is 8.42 Å². The normalized spacial score (nSPS) is 11.2. The molecule has 0 heterocycles. The van der Waals surface area contributed by atoms with E-state index >= 15 is 0 Å². The molecule has 18 heavy (non-hydrogen) atoms. The number of benzene rings is 2. The van der Waals surface area contributed by atoms with Crippen LogP contribution in [-0.2, 0) is 10.1 Å². The second-order valence-electron chi connectivity index (χ2n) is 3.53. The Morgan fingerprint density at radius 1 is 1.06 bits per heavy atom. The lowest BCUT2D eigenvalue weighted by Gasteiger charge is -2.07. The van der Waals surface area contributed by atoms with Gasteiger partial charge < -0.3 is 9.92 Å². The van der Waals surface area contributed by atoms with Gasteiger partial charge in [0.2, 0.25) is 0 Å².